The summed E-state index contributed by atoms with van der Waals surface area (Å²) >= 11 is 0. The molecule has 3 heterocycles. The molecule has 164 valence electrons. The van der Waals surface area contributed by atoms with E-state index in [0.29, 0.717) is 18.5 Å². The number of allylic oxidation sites excluding steroid dienone is 1. The van der Waals surface area contributed by atoms with Crippen LogP contribution in [0.2, 0.25) is 0 Å². The molecule has 3 aliphatic heterocycles. The van der Waals surface area contributed by atoms with E-state index in [-0.39, 0.29) is 24.3 Å². The van der Waals surface area contributed by atoms with Crippen molar-refractivity contribution in [1.82, 2.24) is 15.1 Å². The molecule has 2 N–H and O–H groups in total. The van der Waals surface area contributed by atoms with E-state index in [1.807, 2.05) is 7.05 Å². The van der Waals surface area contributed by atoms with Gasteiger partial charge < -0.3 is 15.3 Å². The third kappa shape index (κ3) is 3.85. The Bertz CT molecular complexity index is 988. The Kier molecular flexibility index (Phi) is 5.62. The third-order valence-corrected chi connectivity index (χ3v) is 6.36. The molecule has 0 saturated carbocycles. The van der Waals surface area contributed by atoms with Gasteiger partial charge in [-0.1, -0.05) is 12.1 Å². The number of aliphatic hydroxyl groups excluding tert-OH is 1. The van der Waals surface area contributed by atoms with E-state index < -0.39 is 40.9 Å². The Morgan fingerprint density at radius 2 is 2.00 bits per heavy atom. The number of nitrogens with zero attached hydrogens (tertiary/aromatic N) is 3. The number of amides is 2. The molecule has 0 aliphatic carbocycles. The molecule has 2 saturated heterocycles. The van der Waals surface area contributed by atoms with E-state index in [1.54, 1.807) is 4.90 Å². The maximum absolute atomic E-state index is 13.1. The summed E-state index contributed by atoms with van der Waals surface area (Å²) in [7, 11) is 1.95. The van der Waals surface area contributed by atoms with Crippen molar-refractivity contribution in [3.05, 3.63) is 47.0 Å². The van der Waals surface area contributed by atoms with Crippen molar-refractivity contribution in [3.63, 3.8) is 0 Å². The van der Waals surface area contributed by atoms with Gasteiger partial charge in [0.15, 0.2) is 11.5 Å². The number of carbonyl (C=O) groups excluding carboxylic acids is 3. The van der Waals surface area contributed by atoms with Gasteiger partial charge in [-0.3, -0.25) is 24.3 Å². The highest BCUT2D eigenvalue weighted by molar-refractivity contribution is 6.69. The monoisotopic (exact) mass is 428 g/mol. The molecule has 1 aromatic carbocycles. The van der Waals surface area contributed by atoms with Crippen molar-refractivity contribution in [2.45, 2.75) is 51.0 Å². The van der Waals surface area contributed by atoms with Crippen LogP contribution in [-0.2, 0) is 20.9 Å². The van der Waals surface area contributed by atoms with E-state index in [0.717, 1.165) is 12.8 Å². The van der Waals surface area contributed by atoms with Crippen LogP contribution in [0.4, 0.5) is 4.39 Å². The molecule has 0 spiro atoms. The van der Waals surface area contributed by atoms with Crippen LogP contribution in [0, 0.1) is 5.82 Å². The van der Waals surface area contributed by atoms with Crippen LogP contribution in [0.15, 0.2) is 40.6 Å². The maximum Gasteiger partial charge on any atom is 0.273 e. The summed E-state index contributed by atoms with van der Waals surface area (Å²) in [5.74, 6) is -3.18. The van der Waals surface area contributed by atoms with Gasteiger partial charge in [0.25, 0.3) is 17.6 Å². The zero-order chi connectivity index (χ0) is 22.3. The molecule has 1 aromatic rings. The average Bonchev–Trinajstić information content (AvgIpc) is 2.89. The van der Waals surface area contributed by atoms with E-state index in [1.165, 1.54) is 24.3 Å². The van der Waals surface area contributed by atoms with Gasteiger partial charge in [0.1, 0.15) is 5.82 Å². The van der Waals surface area contributed by atoms with E-state index in [4.69, 9.17) is 0 Å². The Labute approximate surface area is 179 Å². The molecule has 0 bridgehead atoms. The number of piperidine rings is 1. The quantitative estimate of drug-likeness (QED) is 0.756. The summed E-state index contributed by atoms with van der Waals surface area (Å²) in [6, 6.07) is 5.10. The van der Waals surface area contributed by atoms with Crippen LogP contribution in [0.3, 0.4) is 0 Å². The van der Waals surface area contributed by atoms with Gasteiger partial charge in [-0.2, -0.15) is 0 Å². The van der Waals surface area contributed by atoms with Crippen LogP contribution < -0.4 is 5.32 Å². The number of nitrogens with one attached hydrogen (secondary N) is 1. The first-order valence-electron chi connectivity index (χ1n) is 10.4. The van der Waals surface area contributed by atoms with E-state index in [2.05, 4.69) is 22.1 Å². The first kappa shape index (κ1) is 21.2. The second-order valence-electron chi connectivity index (χ2n) is 8.27. The lowest BCUT2D eigenvalue weighted by atomic mass is 9.89. The molecule has 4 rings (SSSR count). The highest BCUT2D eigenvalue weighted by atomic mass is 19.1. The lowest BCUT2D eigenvalue weighted by Crippen LogP contribution is -2.58. The minimum atomic E-state index is -0.953. The lowest BCUT2D eigenvalue weighted by Gasteiger charge is -2.44. The predicted octanol–water partition coefficient (Wildman–Crippen LogP) is 1.32. The number of aliphatic hydroxyl groups is 1. The van der Waals surface area contributed by atoms with Crippen LogP contribution >= 0.6 is 0 Å². The molecule has 8 nitrogen and oxygen atoms in total. The number of Topliss-reactive ketones (excluding diaryl/α,β-unsaturated/α-hetero) is 1. The molecular weight excluding hydrogens is 403 g/mol. The second kappa shape index (κ2) is 8.22. The summed E-state index contributed by atoms with van der Waals surface area (Å²) in [6.07, 6.45) is 1.95. The van der Waals surface area contributed by atoms with Crippen molar-refractivity contribution in [2.75, 3.05) is 13.6 Å². The lowest BCUT2D eigenvalue weighted by molar-refractivity contribution is -0.137. The first-order chi connectivity index (χ1) is 14.8. The number of benzene rings is 1. The Hall–Kier alpha value is -3.07. The zero-order valence-corrected chi connectivity index (χ0v) is 17.5. The van der Waals surface area contributed by atoms with Crippen molar-refractivity contribution in [3.8, 4) is 0 Å². The number of hydrogen-bond donors (Lipinski definition) is 2. The molecule has 3 atom stereocenters. The summed E-state index contributed by atoms with van der Waals surface area (Å²) in [5.41, 5.74) is 0.204. The van der Waals surface area contributed by atoms with Gasteiger partial charge >= 0.3 is 0 Å². The van der Waals surface area contributed by atoms with Crippen LogP contribution in [0.1, 0.15) is 31.7 Å². The molecule has 9 heteroatoms. The number of dihydropyridines is 1. The topological polar surface area (TPSA) is 102 Å². The predicted molar refractivity (Wildman–Crippen MR) is 111 cm³/mol. The standard InChI is InChI=1S/C22H25FN4O4/c1-12-4-3-9-27-16(26(12)2)10-15-17(22(27)31)19(28)20(29)18(25-15)21(30)24-11-13-5-7-14(23)8-6-13/h5-8,12,15-16,28H,3-4,9-11H2,1-2H3,(H,24,30)/t12-,15?,16?/m0/s1. The molecule has 0 aromatic heterocycles. The number of carbonyl (C=O) groups is 3. The Morgan fingerprint density at radius 3 is 2.71 bits per heavy atom. The third-order valence-electron chi connectivity index (χ3n) is 6.36. The molecule has 2 fully saturated rings. The first-order valence-corrected chi connectivity index (χ1v) is 10.4. The number of halogens is 1. The smallest absolute Gasteiger partial charge is 0.273 e. The molecule has 31 heavy (non-hydrogen) atoms. The van der Waals surface area contributed by atoms with Crippen molar-refractivity contribution in [2.24, 2.45) is 4.99 Å². The molecule has 3 aliphatic rings. The van der Waals surface area contributed by atoms with Gasteiger partial charge in [-0.25, -0.2) is 4.39 Å². The Morgan fingerprint density at radius 1 is 1.29 bits per heavy atom. The van der Waals surface area contributed by atoms with E-state index in [9.17, 15) is 23.9 Å². The number of fused-ring (bicyclic) bond motifs is 2. The fourth-order valence-corrected chi connectivity index (χ4v) is 4.42. The molecule has 2 amide bonds. The van der Waals surface area contributed by atoms with Gasteiger partial charge in [-0.05, 0) is 44.5 Å². The Balaban J connectivity index is 1.56. The minimum absolute atomic E-state index is 0.0284. The van der Waals surface area contributed by atoms with Crippen LogP contribution in [0.25, 0.3) is 0 Å². The summed E-state index contributed by atoms with van der Waals surface area (Å²) in [5, 5.41) is 13.1. The molecule has 0 radical (unpaired) electrons. The number of ketones is 1. The summed E-state index contributed by atoms with van der Waals surface area (Å²) in [6.45, 7) is 2.71. The van der Waals surface area contributed by atoms with Crippen molar-refractivity contribution in [1.29, 1.82) is 0 Å². The van der Waals surface area contributed by atoms with Gasteiger partial charge in [0, 0.05) is 25.6 Å². The highest BCUT2D eigenvalue weighted by Gasteiger charge is 2.47. The second-order valence-corrected chi connectivity index (χ2v) is 8.27. The molecule has 2 unspecified atom stereocenters. The van der Waals surface area contributed by atoms with Crippen molar-refractivity contribution >= 4 is 23.3 Å². The number of hydrogen-bond acceptors (Lipinski definition) is 6. The van der Waals surface area contributed by atoms with Crippen LogP contribution in [-0.4, -0.2) is 70.1 Å². The normalized spacial score (nSPS) is 26.7. The molecular formula is C22H25FN4O4. The van der Waals surface area contributed by atoms with Gasteiger partial charge in [-0.15, -0.1) is 0 Å². The van der Waals surface area contributed by atoms with Gasteiger partial charge in [0.05, 0.1) is 17.8 Å². The number of aliphatic imine (C=N–C) groups is 1. The van der Waals surface area contributed by atoms with Crippen molar-refractivity contribution < 1.29 is 23.9 Å². The fourth-order valence-electron chi connectivity index (χ4n) is 4.42. The van der Waals surface area contributed by atoms with Gasteiger partial charge in [0.2, 0.25) is 0 Å². The SMILES string of the molecule is C[C@H]1CCCN2C(=O)C3=C(O)C(=O)C(C(=O)NCc4ccc(F)cc4)=NC3CC2N1C. The highest BCUT2D eigenvalue weighted by Crippen LogP contribution is 2.34. The average molecular weight is 428 g/mol. The summed E-state index contributed by atoms with van der Waals surface area (Å²) < 4.78 is 13.0. The fraction of sp³-hybridized carbons (Fsp3) is 0.455. The zero-order valence-electron chi connectivity index (χ0n) is 17.5. The van der Waals surface area contributed by atoms with E-state index >= 15 is 0 Å². The minimum Gasteiger partial charge on any atom is -0.504 e. The summed E-state index contributed by atoms with van der Waals surface area (Å²) in [4.78, 5) is 46.5. The maximum atomic E-state index is 13.1. The number of rotatable bonds is 3. The largest absolute Gasteiger partial charge is 0.504 e. The van der Waals surface area contributed by atoms with Crippen LogP contribution in [0.5, 0.6) is 0 Å².